The van der Waals surface area contributed by atoms with Gasteiger partial charge in [-0.05, 0) is 60.6 Å². The first kappa shape index (κ1) is 19.0. The molecule has 0 radical (unpaired) electrons. The molecule has 27 heavy (non-hydrogen) atoms. The van der Waals surface area contributed by atoms with Gasteiger partial charge in [-0.3, -0.25) is 4.90 Å². The molecule has 1 aliphatic carbocycles. The Hall–Kier alpha value is -2.78. The fraction of sp³-hybridized carbons (Fsp3) is 0.250. The average Bonchev–Trinajstić information content (AvgIpc) is 2.69. The topological polar surface area (TPSA) is 18.5 Å². The summed E-state index contributed by atoms with van der Waals surface area (Å²) < 4.78 is 0. The second kappa shape index (κ2) is 8.28. The summed E-state index contributed by atoms with van der Waals surface area (Å²) in [6.07, 6.45) is 8.99. The van der Waals surface area contributed by atoms with Crippen LogP contribution in [0.2, 0.25) is 0 Å². The fourth-order valence-corrected chi connectivity index (χ4v) is 3.26. The minimum absolute atomic E-state index is 0.345. The van der Waals surface area contributed by atoms with E-state index in [2.05, 4.69) is 116 Å². The lowest BCUT2D eigenvalue weighted by atomic mass is 9.90. The number of anilines is 2. The van der Waals surface area contributed by atoms with Crippen molar-refractivity contribution in [2.45, 2.75) is 6.04 Å². The lowest BCUT2D eigenvalue weighted by Crippen LogP contribution is -2.24. The molecule has 140 valence electrons. The van der Waals surface area contributed by atoms with Crippen LogP contribution >= 0.6 is 0 Å². The maximum atomic E-state index is 3.20. The van der Waals surface area contributed by atoms with Crippen molar-refractivity contribution in [1.29, 1.82) is 0 Å². The Balaban J connectivity index is 2.08. The van der Waals surface area contributed by atoms with E-state index in [0.29, 0.717) is 6.04 Å². The number of nitrogens with zero attached hydrogens (tertiary/aromatic N) is 2. The largest absolute Gasteiger partial charge is 0.388 e. The third-order valence-electron chi connectivity index (χ3n) is 4.97. The molecule has 3 rings (SSSR count). The molecule has 0 unspecified atom stereocenters. The molecule has 2 aromatic carbocycles. The number of benzene rings is 2. The van der Waals surface area contributed by atoms with Gasteiger partial charge in [-0.15, -0.1) is 0 Å². The molecule has 0 bridgehead atoms. The number of allylic oxidation sites excluding steroid dienone is 3. The van der Waals surface area contributed by atoms with E-state index in [9.17, 15) is 0 Å². The number of nitrogens with one attached hydrogen (secondary N) is 1. The average molecular weight is 360 g/mol. The van der Waals surface area contributed by atoms with Crippen molar-refractivity contribution in [1.82, 2.24) is 4.90 Å². The molecule has 1 aliphatic rings. The number of hydrogen-bond acceptors (Lipinski definition) is 3. The van der Waals surface area contributed by atoms with Crippen LogP contribution < -0.4 is 10.2 Å². The van der Waals surface area contributed by atoms with Crippen LogP contribution in [0.4, 0.5) is 11.4 Å². The van der Waals surface area contributed by atoms with Gasteiger partial charge in [0.25, 0.3) is 0 Å². The summed E-state index contributed by atoms with van der Waals surface area (Å²) in [6.45, 7) is 0. The first-order chi connectivity index (χ1) is 13.0. The Kier molecular flexibility index (Phi) is 5.82. The van der Waals surface area contributed by atoms with E-state index in [4.69, 9.17) is 0 Å². The van der Waals surface area contributed by atoms with E-state index < -0.39 is 0 Å². The standard InChI is InChI=1S/C24H29N3/c1-25-21-12-6-18(7-13-21)24(19-8-14-22(15-9-19)26(2)3)20-10-16-23(17-11-20)27(4)5/h6-17,22,25H,1-5H3. The molecule has 0 fully saturated rings. The van der Waals surface area contributed by atoms with E-state index in [-0.39, 0.29) is 0 Å². The number of rotatable bonds is 5. The molecule has 0 saturated heterocycles. The molecule has 0 aliphatic heterocycles. The minimum atomic E-state index is 0.345. The van der Waals surface area contributed by atoms with E-state index >= 15 is 0 Å². The Labute approximate surface area is 163 Å². The van der Waals surface area contributed by atoms with Gasteiger partial charge in [0.1, 0.15) is 0 Å². The van der Waals surface area contributed by atoms with Crippen molar-refractivity contribution in [3.63, 3.8) is 0 Å². The summed E-state index contributed by atoms with van der Waals surface area (Å²) in [7, 11) is 10.3. The summed E-state index contributed by atoms with van der Waals surface area (Å²) >= 11 is 0. The molecule has 0 heterocycles. The van der Waals surface area contributed by atoms with Gasteiger partial charge in [-0.1, -0.05) is 48.6 Å². The van der Waals surface area contributed by atoms with Crippen molar-refractivity contribution < 1.29 is 0 Å². The van der Waals surface area contributed by atoms with Crippen LogP contribution in [0.15, 0.2) is 78.4 Å². The van der Waals surface area contributed by atoms with Crippen LogP contribution in [0.25, 0.3) is 5.57 Å². The van der Waals surface area contributed by atoms with Gasteiger partial charge in [0.2, 0.25) is 0 Å². The lowest BCUT2D eigenvalue weighted by molar-refractivity contribution is 0.390. The number of likely N-dealkylation sites (N-methyl/N-ethyl adjacent to an activating group) is 1. The Bertz CT molecular complexity index is 838. The van der Waals surface area contributed by atoms with Crippen molar-refractivity contribution in [3.05, 3.63) is 89.5 Å². The first-order valence-corrected chi connectivity index (χ1v) is 9.32. The van der Waals surface area contributed by atoms with Crippen LogP contribution in [0, 0.1) is 0 Å². The zero-order valence-corrected chi connectivity index (χ0v) is 16.9. The van der Waals surface area contributed by atoms with Crippen molar-refractivity contribution in [3.8, 4) is 0 Å². The second-order valence-electron chi connectivity index (χ2n) is 7.27. The zero-order chi connectivity index (χ0) is 19.4. The fourth-order valence-electron chi connectivity index (χ4n) is 3.26. The minimum Gasteiger partial charge on any atom is -0.388 e. The monoisotopic (exact) mass is 359 g/mol. The van der Waals surface area contributed by atoms with Gasteiger partial charge in [0, 0.05) is 38.6 Å². The summed E-state index contributed by atoms with van der Waals surface area (Å²) in [5.41, 5.74) is 7.27. The highest BCUT2D eigenvalue weighted by Crippen LogP contribution is 2.32. The Morgan fingerprint density at radius 2 is 1.30 bits per heavy atom. The molecular weight excluding hydrogens is 330 g/mol. The molecule has 1 N–H and O–H groups in total. The van der Waals surface area contributed by atoms with E-state index in [1.807, 2.05) is 7.05 Å². The molecular formula is C24H29N3. The summed E-state index contributed by atoms with van der Waals surface area (Å²) in [5.74, 6) is 0. The Morgan fingerprint density at radius 3 is 1.74 bits per heavy atom. The lowest BCUT2D eigenvalue weighted by Gasteiger charge is -2.22. The van der Waals surface area contributed by atoms with Crippen LogP contribution in [0.3, 0.4) is 0 Å². The highest BCUT2D eigenvalue weighted by atomic mass is 15.1. The predicted octanol–water partition coefficient (Wildman–Crippen LogP) is 4.65. The highest BCUT2D eigenvalue weighted by Gasteiger charge is 2.14. The highest BCUT2D eigenvalue weighted by molar-refractivity contribution is 5.86. The van der Waals surface area contributed by atoms with Gasteiger partial charge in [0.15, 0.2) is 0 Å². The molecule has 3 heteroatoms. The molecule has 0 atom stereocenters. The third kappa shape index (κ3) is 4.32. The van der Waals surface area contributed by atoms with Gasteiger partial charge >= 0.3 is 0 Å². The van der Waals surface area contributed by atoms with Crippen LogP contribution in [-0.2, 0) is 0 Å². The van der Waals surface area contributed by atoms with Gasteiger partial charge < -0.3 is 10.2 Å². The van der Waals surface area contributed by atoms with Gasteiger partial charge in [0.05, 0.1) is 0 Å². The normalized spacial score (nSPS) is 15.9. The smallest absolute Gasteiger partial charge is 0.0462 e. The molecule has 0 spiro atoms. The van der Waals surface area contributed by atoms with Crippen LogP contribution in [0.1, 0.15) is 11.1 Å². The van der Waals surface area contributed by atoms with Crippen molar-refractivity contribution >= 4 is 16.9 Å². The predicted molar refractivity (Wildman–Crippen MR) is 119 cm³/mol. The summed E-state index contributed by atoms with van der Waals surface area (Å²) in [4.78, 5) is 4.33. The van der Waals surface area contributed by atoms with E-state index in [1.54, 1.807) is 0 Å². The Morgan fingerprint density at radius 1 is 0.778 bits per heavy atom. The van der Waals surface area contributed by atoms with Crippen molar-refractivity contribution in [2.75, 3.05) is 45.5 Å². The third-order valence-corrected chi connectivity index (χ3v) is 4.97. The van der Waals surface area contributed by atoms with Gasteiger partial charge in [-0.2, -0.15) is 0 Å². The van der Waals surface area contributed by atoms with Crippen LogP contribution in [0.5, 0.6) is 0 Å². The molecule has 0 amide bonds. The zero-order valence-electron chi connectivity index (χ0n) is 16.9. The van der Waals surface area contributed by atoms with E-state index in [1.165, 1.54) is 28.0 Å². The van der Waals surface area contributed by atoms with Crippen LogP contribution in [-0.4, -0.2) is 46.2 Å². The molecule has 0 saturated carbocycles. The summed E-state index contributed by atoms with van der Waals surface area (Å²) in [6, 6.07) is 17.8. The second-order valence-corrected chi connectivity index (χ2v) is 7.27. The SMILES string of the molecule is CNc1ccc(C(=C2C=CC(N(C)C)C=C2)c2ccc(N(C)C)cc2)cc1. The van der Waals surface area contributed by atoms with Gasteiger partial charge in [-0.25, -0.2) is 0 Å². The molecule has 3 nitrogen and oxygen atoms in total. The summed E-state index contributed by atoms with van der Waals surface area (Å²) in [5, 5.41) is 3.20. The van der Waals surface area contributed by atoms with E-state index in [0.717, 1.165) is 5.69 Å². The number of hydrogen-bond donors (Lipinski definition) is 1. The quantitative estimate of drug-likeness (QED) is 0.838. The van der Waals surface area contributed by atoms with Crippen molar-refractivity contribution in [2.24, 2.45) is 0 Å². The maximum absolute atomic E-state index is 3.20. The molecule has 0 aromatic heterocycles. The first-order valence-electron chi connectivity index (χ1n) is 9.32. The molecule has 2 aromatic rings. The maximum Gasteiger partial charge on any atom is 0.0462 e.